The summed E-state index contributed by atoms with van der Waals surface area (Å²) in [6, 6.07) is -0.363. The van der Waals surface area contributed by atoms with Crippen LogP contribution in [-0.2, 0) is 9.59 Å². The summed E-state index contributed by atoms with van der Waals surface area (Å²) in [4.78, 5) is 24.7. The van der Waals surface area contributed by atoms with Crippen LogP contribution in [0.25, 0.3) is 0 Å². The summed E-state index contributed by atoms with van der Waals surface area (Å²) in [6.45, 7) is 5.55. The number of hydrogen-bond acceptors (Lipinski definition) is 3. The van der Waals surface area contributed by atoms with Gasteiger partial charge in [0, 0.05) is 12.8 Å². The minimum absolute atomic E-state index is 0.0938. The van der Waals surface area contributed by atoms with Crippen molar-refractivity contribution in [1.82, 2.24) is 4.90 Å². The maximum Gasteiger partial charge on any atom is 0.229 e. The molecule has 1 fully saturated rings. The molecule has 86 valence electrons. The average Bonchev–Trinajstić information content (AvgIpc) is 2.09. The van der Waals surface area contributed by atoms with Crippen molar-refractivity contribution in [3.8, 4) is 0 Å². The number of likely N-dealkylation sites (tertiary alicyclic amines) is 1. The van der Waals surface area contributed by atoms with E-state index in [1.165, 1.54) is 4.90 Å². The highest BCUT2D eigenvalue weighted by atomic mass is 16.3. The van der Waals surface area contributed by atoms with E-state index in [1.54, 1.807) is 0 Å². The minimum Gasteiger partial charge on any atom is -0.394 e. The number of carbonyl (C=O) groups excluding carboxylic acids is 2. The predicted octanol–water partition coefficient (Wildman–Crippen LogP) is 0.788. The lowest BCUT2D eigenvalue weighted by molar-refractivity contribution is -0.155. The lowest BCUT2D eigenvalue weighted by atomic mass is 9.93. The van der Waals surface area contributed by atoms with Gasteiger partial charge in [-0.1, -0.05) is 20.8 Å². The monoisotopic (exact) mass is 213 g/mol. The van der Waals surface area contributed by atoms with E-state index in [4.69, 9.17) is 0 Å². The number of amides is 2. The second kappa shape index (κ2) is 4.75. The van der Waals surface area contributed by atoms with Crippen LogP contribution in [0, 0.1) is 11.8 Å². The van der Waals surface area contributed by atoms with Crippen LogP contribution >= 0.6 is 0 Å². The van der Waals surface area contributed by atoms with Crippen molar-refractivity contribution in [2.24, 2.45) is 11.8 Å². The number of aliphatic hydroxyl groups excluding tert-OH is 1. The smallest absolute Gasteiger partial charge is 0.229 e. The molecule has 0 saturated carbocycles. The molecule has 4 heteroatoms. The molecule has 1 aliphatic heterocycles. The standard InChI is InChI=1S/C11H19NO3/c1-7(2)9(6-13)12-10(14)4-8(3)5-11(12)15/h7-9,13H,4-6H2,1-3H3. The van der Waals surface area contributed by atoms with Crippen molar-refractivity contribution >= 4 is 11.8 Å². The van der Waals surface area contributed by atoms with Gasteiger partial charge in [0.2, 0.25) is 11.8 Å². The summed E-state index contributed by atoms with van der Waals surface area (Å²) in [5.41, 5.74) is 0. The number of nitrogens with zero attached hydrogens (tertiary/aromatic N) is 1. The van der Waals surface area contributed by atoms with Crippen molar-refractivity contribution in [3.05, 3.63) is 0 Å². The van der Waals surface area contributed by atoms with E-state index in [0.717, 1.165) is 0 Å². The fraction of sp³-hybridized carbons (Fsp3) is 0.818. The van der Waals surface area contributed by atoms with Gasteiger partial charge < -0.3 is 5.11 Å². The molecule has 1 atom stereocenters. The highest BCUT2D eigenvalue weighted by molar-refractivity contribution is 5.98. The number of piperidine rings is 1. The van der Waals surface area contributed by atoms with Crippen molar-refractivity contribution in [3.63, 3.8) is 0 Å². The van der Waals surface area contributed by atoms with Crippen molar-refractivity contribution < 1.29 is 14.7 Å². The number of rotatable bonds is 3. The van der Waals surface area contributed by atoms with E-state index in [1.807, 2.05) is 20.8 Å². The fourth-order valence-corrected chi connectivity index (χ4v) is 1.96. The molecule has 15 heavy (non-hydrogen) atoms. The molecule has 0 radical (unpaired) electrons. The number of carbonyl (C=O) groups is 2. The van der Waals surface area contributed by atoms with Crippen LogP contribution in [0.4, 0.5) is 0 Å². The Morgan fingerprint density at radius 3 is 2.13 bits per heavy atom. The number of imide groups is 1. The molecular weight excluding hydrogens is 194 g/mol. The molecule has 0 aromatic heterocycles. The second-order valence-electron chi connectivity index (χ2n) is 4.66. The molecule has 1 heterocycles. The zero-order chi connectivity index (χ0) is 11.6. The van der Waals surface area contributed by atoms with Crippen molar-refractivity contribution in [2.75, 3.05) is 6.61 Å². The van der Waals surface area contributed by atoms with Crippen LogP contribution < -0.4 is 0 Å². The first-order chi connectivity index (χ1) is 6.97. The fourth-order valence-electron chi connectivity index (χ4n) is 1.96. The predicted molar refractivity (Wildman–Crippen MR) is 56.0 cm³/mol. The first-order valence-corrected chi connectivity index (χ1v) is 5.43. The van der Waals surface area contributed by atoms with Gasteiger partial charge in [-0.25, -0.2) is 0 Å². The van der Waals surface area contributed by atoms with E-state index in [2.05, 4.69) is 0 Å². The third-order valence-electron chi connectivity index (χ3n) is 2.87. The Morgan fingerprint density at radius 1 is 1.33 bits per heavy atom. The molecule has 1 rings (SSSR count). The third kappa shape index (κ3) is 2.56. The van der Waals surface area contributed by atoms with Crippen LogP contribution in [0.15, 0.2) is 0 Å². The summed E-state index contributed by atoms with van der Waals surface area (Å²) in [5, 5.41) is 9.20. The summed E-state index contributed by atoms with van der Waals surface area (Å²) in [7, 11) is 0. The van der Waals surface area contributed by atoms with E-state index < -0.39 is 0 Å². The summed E-state index contributed by atoms with van der Waals surface area (Å²) in [5.74, 6) is -0.0675. The van der Waals surface area contributed by atoms with E-state index in [9.17, 15) is 14.7 Å². The highest BCUT2D eigenvalue weighted by Crippen LogP contribution is 2.23. The lowest BCUT2D eigenvalue weighted by Crippen LogP contribution is -2.52. The zero-order valence-electron chi connectivity index (χ0n) is 9.56. The van der Waals surface area contributed by atoms with E-state index in [-0.39, 0.29) is 36.3 Å². The first-order valence-electron chi connectivity index (χ1n) is 5.43. The molecule has 2 amide bonds. The molecule has 1 saturated heterocycles. The Morgan fingerprint density at radius 2 is 1.80 bits per heavy atom. The van der Waals surface area contributed by atoms with Gasteiger partial charge in [0.25, 0.3) is 0 Å². The maximum absolute atomic E-state index is 11.7. The van der Waals surface area contributed by atoms with Gasteiger partial charge in [-0.15, -0.1) is 0 Å². The van der Waals surface area contributed by atoms with Gasteiger partial charge >= 0.3 is 0 Å². The lowest BCUT2D eigenvalue weighted by Gasteiger charge is -2.35. The number of aliphatic hydroxyl groups is 1. The largest absolute Gasteiger partial charge is 0.394 e. The topological polar surface area (TPSA) is 57.6 Å². The van der Waals surface area contributed by atoms with Gasteiger partial charge in [-0.05, 0) is 11.8 Å². The molecule has 0 aliphatic carbocycles. The van der Waals surface area contributed by atoms with Crippen LogP contribution in [0.3, 0.4) is 0 Å². The van der Waals surface area contributed by atoms with Crippen molar-refractivity contribution in [2.45, 2.75) is 39.7 Å². The summed E-state index contributed by atoms with van der Waals surface area (Å²) >= 11 is 0. The summed E-state index contributed by atoms with van der Waals surface area (Å²) < 4.78 is 0. The van der Waals surface area contributed by atoms with E-state index >= 15 is 0 Å². The minimum atomic E-state index is -0.363. The Balaban J connectivity index is 2.83. The highest BCUT2D eigenvalue weighted by Gasteiger charge is 2.36. The van der Waals surface area contributed by atoms with Gasteiger partial charge in [-0.2, -0.15) is 0 Å². The van der Waals surface area contributed by atoms with Gasteiger partial charge in [0.1, 0.15) is 0 Å². The van der Waals surface area contributed by atoms with Gasteiger partial charge in [-0.3, -0.25) is 14.5 Å². The molecular formula is C11H19NO3. The molecule has 1 aliphatic rings. The Bertz CT molecular complexity index is 245. The Kier molecular flexibility index (Phi) is 3.85. The number of hydrogen-bond donors (Lipinski definition) is 1. The van der Waals surface area contributed by atoms with Crippen LogP contribution in [0.1, 0.15) is 33.6 Å². The summed E-state index contributed by atoms with van der Waals surface area (Å²) in [6.07, 6.45) is 0.823. The van der Waals surface area contributed by atoms with Crippen LogP contribution in [0.2, 0.25) is 0 Å². The SMILES string of the molecule is CC1CC(=O)N(C(CO)C(C)C)C(=O)C1. The Labute approximate surface area is 90.3 Å². The van der Waals surface area contributed by atoms with Gasteiger partial charge in [0.15, 0.2) is 0 Å². The third-order valence-corrected chi connectivity index (χ3v) is 2.87. The molecule has 0 aromatic rings. The normalized spacial score (nSPS) is 21.3. The van der Waals surface area contributed by atoms with Gasteiger partial charge in [0.05, 0.1) is 12.6 Å². The van der Waals surface area contributed by atoms with Crippen molar-refractivity contribution in [1.29, 1.82) is 0 Å². The second-order valence-corrected chi connectivity index (χ2v) is 4.66. The quantitative estimate of drug-likeness (QED) is 0.705. The van der Waals surface area contributed by atoms with Crippen LogP contribution in [0.5, 0.6) is 0 Å². The molecule has 0 aromatic carbocycles. The Hall–Kier alpha value is -0.900. The molecule has 4 nitrogen and oxygen atoms in total. The average molecular weight is 213 g/mol. The zero-order valence-corrected chi connectivity index (χ0v) is 9.56. The maximum atomic E-state index is 11.7. The van der Waals surface area contributed by atoms with Crippen LogP contribution in [-0.4, -0.2) is 34.5 Å². The first kappa shape index (κ1) is 12.2. The molecule has 0 bridgehead atoms. The van der Waals surface area contributed by atoms with E-state index in [0.29, 0.717) is 12.8 Å². The molecule has 1 N–H and O–H groups in total. The molecule has 0 spiro atoms. The molecule has 1 unspecified atom stereocenters.